The molecule has 3 heteroatoms. The lowest BCUT2D eigenvalue weighted by atomic mass is 9.95. The van der Waals surface area contributed by atoms with Crippen LogP contribution in [0.5, 0.6) is 0 Å². The van der Waals surface area contributed by atoms with Gasteiger partial charge >= 0.3 is 0 Å². The van der Waals surface area contributed by atoms with Crippen LogP contribution in [0.4, 0.5) is 0 Å². The Morgan fingerprint density at radius 3 is 2.33 bits per heavy atom. The Morgan fingerprint density at radius 1 is 1.22 bits per heavy atom. The van der Waals surface area contributed by atoms with E-state index < -0.39 is 0 Å². The lowest BCUT2D eigenvalue weighted by molar-refractivity contribution is 0.0967. The molecule has 1 nitrogen and oxygen atoms in total. The summed E-state index contributed by atoms with van der Waals surface area (Å²) in [5.74, 6) is 0.123. The minimum Gasteiger partial charge on any atom is -0.293 e. The summed E-state index contributed by atoms with van der Waals surface area (Å²) in [5, 5.41) is 2.12. The molecule has 2 rings (SSSR count). The number of hydrogen-bond acceptors (Lipinski definition) is 2. The lowest BCUT2D eigenvalue weighted by Gasteiger charge is -2.10. The van der Waals surface area contributed by atoms with Crippen molar-refractivity contribution < 1.29 is 4.79 Å². The lowest BCUT2D eigenvalue weighted by Crippen LogP contribution is -2.09. The number of carbonyl (C=O) groups excluding carboxylic acids is 1. The highest BCUT2D eigenvalue weighted by atomic mass is 79.9. The van der Waals surface area contributed by atoms with E-state index in [9.17, 15) is 4.79 Å². The van der Waals surface area contributed by atoms with Crippen LogP contribution >= 0.6 is 27.3 Å². The molecule has 94 valence electrons. The predicted octanol–water partition coefficient (Wildman–Crippen LogP) is 5.11. The number of rotatable bonds is 3. The molecule has 1 unspecified atom stereocenters. The van der Waals surface area contributed by atoms with Gasteiger partial charge in [-0.05, 0) is 42.5 Å². The molecule has 2 aromatic rings. The number of benzene rings is 1. The molecule has 1 aromatic heterocycles. The first-order valence-corrected chi connectivity index (χ1v) is 7.52. The van der Waals surface area contributed by atoms with Gasteiger partial charge in [0.1, 0.15) is 0 Å². The minimum absolute atomic E-state index is 0.0649. The Labute approximate surface area is 120 Å². The van der Waals surface area contributed by atoms with Gasteiger partial charge in [0, 0.05) is 14.9 Å². The zero-order chi connectivity index (χ0) is 13.3. The summed E-state index contributed by atoms with van der Waals surface area (Å²) in [4.78, 5) is 13.6. The van der Waals surface area contributed by atoms with Gasteiger partial charge in [-0.1, -0.05) is 35.0 Å². The van der Waals surface area contributed by atoms with Crippen molar-refractivity contribution in [1.82, 2.24) is 0 Å². The first-order valence-electron chi connectivity index (χ1n) is 5.85. The van der Waals surface area contributed by atoms with Crippen LogP contribution in [0.15, 0.2) is 34.1 Å². The first-order chi connectivity index (χ1) is 8.50. The van der Waals surface area contributed by atoms with Crippen LogP contribution in [0.2, 0.25) is 0 Å². The minimum atomic E-state index is -0.0649. The molecule has 0 bridgehead atoms. The number of halogens is 1. The van der Waals surface area contributed by atoms with Crippen LogP contribution in [0.1, 0.15) is 39.2 Å². The van der Waals surface area contributed by atoms with Gasteiger partial charge in [0.2, 0.25) is 0 Å². The van der Waals surface area contributed by atoms with Crippen LogP contribution in [-0.2, 0) is 0 Å². The molecule has 1 aromatic carbocycles. The highest BCUT2D eigenvalue weighted by Crippen LogP contribution is 2.31. The predicted molar refractivity (Wildman–Crippen MR) is 80.7 cm³/mol. The average molecular weight is 323 g/mol. The summed E-state index contributed by atoms with van der Waals surface area (Å²) in [6.07, 6.45) is 0. The van der Waals surface area contributed by atoms with E-state index in [-0.39, 0.29) is 11.7 Å². The molecule has 0 saturated carbocycles. The number of thiophene rings is 1. The summed E-state index contributed by atoms with van der Waals surface area (Å²) in [6, 6.07) is 7.57. The van der Waals surface area contributed by atoms with Gasteiger partial charge in [0.05, 0.1) is 5.92 Å². The van der Waals surface area contributed by atoms with Gasteiger partial charge in [-0.2, -0.15) is 0 Å². The fourth-order valence-corrected chi connectivity index (χ4v) is 3.33. The van der Waals surface area contributed by atoms with E-state index in [1.54, 1.807) is 11.3 Å². The Balaban J connectivity index is 2.29. The molecular weight excluding hydrogens is 308 g/mol. The summed E-state index contributed by atoms with van der Waals surface area (Å²) >= 11 is 5.06. The van der Waals surface area contributed by atoms with Crippen molar-refractivity contribution in [2.45, 2.75) is 26.7 Å². The number of ketones is 1. The molecular formula is C15H15BrOS. The van der Waals surface area contributed by atoms with Gasteiger partial charge in [-0.3, -0.25) is 4.79 Å². The third-order valence-electron chi connectivity index (χ3n) is 3.24. The van der Waals surface area contributed by atoms with Gasteiger partial charge in [0.25, 0.3) is 0 Å². The van der Waals surface area contributed by atoms with E-state index in [2.05, 4.69) is 35.2 Å². The Bertz CT molecular complexity index is 569. The number of Topliss-reactive ketones (excluding diaryl/α,β-unsaturated/α-hetero) is 1. The van der Waals surface area contributed by atoms with Gasteiger partial charge < -0.3 is 0 Å². The van der Waals surface area contributed by atoms with E-state index in [0.29, 0.717) is 0 Å². The number of hydrogen-bond donors (Lipinski definition) is 0. The van der Waals surface area contributed by atoms with E-state index in [0.717, 1.165) is 10.0 Å². The summed E-state index contributed by atoms with van der Waals surface area (Å²) in [6.45, 7) is 6.17. The zero-order valence-corrected chi connectivity index (χ0v) is 13.1. The third kappa shape index (κ3) is 2.57. The number of carbonyl (C=O) groups is 1. The average Bonchev–Trinajstić information content (AvgIpc) is 2.69. The highest BCUT2D eigenvalue weighted by molar-refractivity contribution is 9.10. The van der Waals surface area contributed by atoms with Crippen molar-refractivity contribution in [2.75, 3.05) is 0 Å². The Hall–Kier alpha value is -0.930. The van der Waals surface area contributed by atoms with E-state index >= 15 is 0 Å². The molecule has 18 heavy (non-hydrogen) atoms. The molecule has 1 atom stereocenters. The Morgan fingerprint density at radius 2 is 1.83 bits per heavy atom. The second-order valence-corrected chi connectivity index (χ2v) is 6.33. The van der Waals surface area contributed by atoms with Crippen molar-refractivity contribution in [2.24, 2.45) is 0 Å². The normalized spacial score (nSPS) is 12.4. The molecule has 0 aliphatic rings. The molecule has 0 spiro atoms. The summed E-state index contributed by atoms with van der Waals surface area (Å²) < 4.78 is 0.995. The largest absolute Gasteiger partial charge is 0.293 e. The van der Waals surface area contributed by atoms with Gasteiger partial charge in [-0.25, -0.2) is 0 Å². The fraction of sp³-hybridized carbons (Fsp3) is 0.267. The maximum atomic E-state index is 12.4. The second kappa shape index (κ2) is 5.37. The third-order valence-corrected chi connectivity index (χ3v) is 5.15. The van der Waals surface area contributed by atoms with Crippen molar-refractivity contribution >= 4 is 33.0 Å². The zero-order valence-electron chi connectivity index (χ0n) is 10.7. The van der Waals surface area contributed by atoms with Crippen LogP contribution in [0.25, 0.3) is 0 Å². The first kappa shape index (κ1) is 13.5. The monoisotopic (exact) mass is 322 g/mol. The van der Waals surface area contributed by atoms with E-state index in [1.807, 2.05) is 31.2 Å². The van der Waals surface area contributed by atoms with E-state index in [4.69, 9.17) is 0 Å². The van der Waals surface area contributed by atoms with Gasteiger partial charge in [0.15, 0.2) is 5.78 Å². The standard InChI is InChI=1S/C15H15BrOS/c1-9-8-18-15(10(9)2)11(3)14(17)12-4-6-13(16)7-5-12/h4-8,11H,1-3H3. The van der Waals surface area contributed by atoms with Crippen molar-refractivity contribution in [3.8, 4) is 0 Å². The van der Waals surface area contributed by atoms with Gasteiger partial charge in [-0.15, -0.1) is 11.3 Å². The van der Waals surface area contributed by atoms with Crippen molar-refractivity contribution in [1.29, 1.82) is 0 Å². The fourth-order valence-electron chi connectivity index (χ4n) is 1.93. The molecule has 0 fully saturated rings. The second-order valence-electron chi connectivity index (χ2n) is 4.50. The van der Waals surface area contributed by atoms with Crippen LogP contribution in [0.3, 0.4) is 0 Å². The molecule has 0 N–H and O–H groups in total. The number of aryl methyl sites for hydroxylation is 1. The maximum Gasteiger partial charge on any atom is 0.170 e. The SMILES string of the molecule is Cc1csc(C(C)C(=O)c2ccc(Br)cc2)c1C. The molecule has 0 aliphatic heterocycles. The van der Waals surface area contributed by atoms with Crippen LogP contribution < -0.4 is 0 Å². The molecule has 0 radical (unpaired) electrons. The molecule has 1 heterocycles. The summed E-state index contributed by atoms with van der Waals surface area (Å²) in [7, 11) is 0. The molecule has 0 aliphatic carbocycles. The van der Waals surface area contributed by atoms with Crippen molar-refractivity contribution in [3.05, 3.63) is 55.7 Å². The molecule has 0 amide bonds. The van der Waals surface area contributed by atoms with Crippen molar-refractivity contribution in [3.63, 3.8) is 0 Å². The topological polar surface area (TPSA) is 17.1 Å². The smallest absolute Gasteiger partial charge is 0.170 e. The maximum absolute atomic E-state index is 12.4. The Kier molecular flexibility index (Phi) is 4.03. The summed E-state index contributed by atoms with van der Waals surface area (Å²) in [5.41, 5.74) is 3.29. The quantitative estimate of drug-likeness (QED) is 0.717. The van der Waals surface area contributed by atoms with Crippen LogP contribution in [0, 0.1) is 13.8 Å². The highest BCUT2D eigenvalue weighted by Gasteiger charge is 2.20. The van der Waals surface area contributed by atoms with Crippen LogP contribution in [-0.4, -0.2) is 5.78 Å². The molecule has 0 saturated heterocycles. The van der Waals surface area contributed by atoms with E-state index in [1.165, 1.54) is 16.0 Å².